The number of carbonyl (C=O) groups excluding carboxylic acids is 5. The molecule has 3 aliphatic heterocycles. The van der Waals surface area contributed by atoms with Crippen LogP contribution in [-0.4, -0.2) is 68.6 Å². The van der Waals surface area contributed by atoms with E-state index in [2.05, 4.69) is 32.7 Å². The van der Waals surface area contributed by atoms with Crippen LogP contribution < -0.4 is 15.5 Å². The van der Waals surface area contributed by atoms with Crippen LogP contribution in [0.25, 0.3) is 0 Å². The van der Waals surface area contributed by atoms with Gasteiger partial charge in [0.15, 0.2) is 11.2 Å². The Kier molecular flexibility index (Phi) is 7.75. The van der Waals surface area contributed by atoms with Crippen molar-refractivity contribution in [2.24, 2.45) is 5.92 Å². The number of aromatic nitrogens is 3. The molecular weight excluding hydrogens is 633 g/mol. The van der Waals surface area contributed by atoms with Crippen LogP contribution in [0.4, 0.5) is 24.5 Å². The van der Waals surface area contributed by atoms with Gasteiger partial charge in [0, 0.05) is 30.9 Å². The summed E-state index contributed by atoms with van der Waals surface area (Å²) in [6.45, 7) is 3.99. The summed E-state index contributed by atoms with van der Waals surface area (Å²) in [7, 11) is 0. The molecule has 1 unspecified atom stereocenters. The highest BCUT2D eigenvalue weighted by Crippen LogP contribution is 2.35. The first-order chi connectivity index (χ1) is 22.7. The number of nitriles is 1. The minimum Gasteiger partial charge on any atom is -0.369 e. The molecule has 0 saturated carbocycles. The number of halogens is 3. The van der Waals surface area contributed by atoms with E-state index in [0.29, 0.717) is 24.8 Å². The Balaban J connectivity index is 1.08. The zero-order valence-electron chi connectivity index (χ0n) is 25.4. The van der Waals surface area contributed by atoms with Crippen molar-refractivity contribution in [3.05, 3.63) is 70.5 Å². The molecule has 0 spiro atoms. The molecule has 5 amide bonds. The van der Waals surface area contributed by atoms with Crippen molar-refractivity contribution < 1.29 is 37.1 Å². The van der Waals surface area contributed by atoms with Gasteiger partial charge in [-0.3, -0.25) is 34.2 Å². The van der Waals surface area contributed by atoms with Gasteiger partial charge >= 0.3 is 6.18 Å². The molecule has 48 heavy (non-hydrogen) atoms. The van der Waals surface area contributed by atoms with Gasteiger partial charge in [-0.05, 0) is 62.6 Å². The molecule has 0 radical (unpaired) electrons. The van der Waals surface area contributed by atoms with Gasteiger partial charge in [0.2, 0.25) is 11.8 Å². The molecule has 0 bridgehead atoms. The smallest absolute Gasteiger partial charge is 0.369 e. The maximum absolute atomic E-state index is 13.3. The van der Waals surface area contributed by atoms with E-state index in [-0.39, 0.29) is 41.3 Å². The Morgan fingerprint density at radius 2 is 1.77 bits per heavy atom. The van der Waals surface area contributed by atoms with Crippen LogP contribution in [0.1, 0.15) is 64.2 Å². The highest BCUT2D eigenvalue weighted by molar-refractivity contribution is 6.23. The number of hydrogen-bond donors (Lipinski definition) is 2. The standard InChI is InChI=1S/C32H25F3N8O5/c1-31(2,30(48)38-19-6-4-18(13-36)24(11-19)32(33,34)35)43-37-14-20(40-43)5-3-17-15-41(16-17)21-7-8-22-23(12-21)29(47)42(28(22)46)25-9-10-26(44)39-27(25)45/h4,6-8,11-12,14,17,25H,9-10,15-16H2,1-2H3,(H,38,48)(H,39,44,45). The third-order valence-electron chi connectivity index (χ3n) is 8.33. The molecule has 1 aromatic heterocycles. The Bertz CT molecular complexity index is 2010. The number of alkyl halides is 3. The van der Waals surface area contributed by atoms with Crippen LogP contribution in [0.2, 0.25) is 0 Å². The molecule has 3 aromatic rings. The maximum atomic E-state index is 13.3. The second kappa shape index (κ2) is 11.6. The number of rotatable bonds is 5. The van der Waals surface area contributed by atoms with E-state index in [1.807, 2.05) is 4.90 Å². The van der Waals surface area contributed by atoms with Crippen molar-refractivity contribution in [1.29, 1.82) is 5.26 Å². The topological polar surface area (TPSA) is 170 Å². The Labute approximate surface area is 270 Å². The lowest BCUT2D eigenvalue weighted by Crippen LogP contribution is -2.54. The van der Waals surface area contributed by atoms with Crippen LogP contribution >= 0.6 is 0 Å². The first-order valence-electron chi connectivity index (χ1n) is 14.6. The summed E-state index contributed by atoms with van der Waals surface area (Å²) in [6.07, 6.45) is -3.32. The molecule has 2 fully saturated rings. The number of nitrogens with one attached hydrogen (secondary N) is 2. The monoisotopic (exact) mass is 658 g/mol. The van der Waals surface area contributed by atoms with E-state index in [9.17, 15) is 37.1 Å². The van der Waals surface area contributed by atoms with E-state index < -0.39 is 58.4 Å². The van der Waals surface area contributed by atoms with Crippen LogP contribution in [0.15, 0.2) is 42.6 Å². The number of carbonyl (C=O) groups is 5. The predicted octanol–water partition coefficient (Wildman–Crippen LogP) is 2.43. The number of nitrogens with zero attached hydrogens (tertiary/aromatic N) is 6. The van der Waals surface area contributed by atoms with E-state index in [1.165, 1.54) is 32.2 Å². The minimum absolute atomic E-state index is 0.0313. The number of imide groups is 2. The number of hydrogen-bond acceptors (Lipinski definition) is 9. The molecule has 1 atom stereocenters. The molecule has 2 saturated heterocycles. The highest BCUT2D eigenvalue weighted by atomic mass is 19.4. The number of anilines is 2. The number of fused-ring (bicyclic) bond motifs is 1. The van der Waals surface area contributed by atoms with Crippen molar-refractivity contribution in [2.45, 2.75) is 44.4 Å². The molecule has 2 aromatic carbocycles. The second-order valence-electron chi connectivity index (χ2n) is 12.0. The molecule has 244 valence electrons. The zero-order valence-corrected chi connectivity index (χ0v) is 25.4. The number of piperidine rings is 1. The second-order valence-corrected chi connectivity index (χ2v) is 12.0. The summed E-state index contributed by atoms with van der Waals surface area (Å²) in [5, 5.41) is 22.0. The molecule has 4 heterocycles. The molecule has 16 heteroatoms. The van der Waals surface area contributed by atoms with Gasteiger partial charge in [-0.15, -0.1) is 5.10 Å². The average molecular weight is 659 g/mol. The summed E-state index contributed by atoms with van der Waals surface area (Å²) in [4.78, 5) is 66.9. The first-order valence-corrected chi connectivity index (χ1v) is 14.6. The minimum atomic E-state index is -4.78. The van der Waals surface area contributed by atoms with Crippen molar-refractivity contribution in [3.8, 4) is 17.9 Å². The molecule has 0 aliphatic carbocycles. The van der Waals surface area contributed by atoms with Gasteiger partial charge in [0.25, 0.3) is 17.7 Å². The quantitative estimate of drug-likeness (QED) is 0.309. The number of benzene rings is 2. The number of amides is 5. The Morgan fingerprint density at radius 1 is 1.04 bits per heavy atom. The largest absolute Gasteiger partial charge is 0.417 e. The molecule has 3 aliphatic rings. The van der Waals surface area contributed by atoms with E-state index >= 15 is 0 Å². The fourth-order valence-corrected chi connectivity index (χ4v) is 5.53. The average Bonchev–Trinajstić information content (AvgIpc) is 3.59. The van der Waals surface area contributed by atoms with Crippen molar-refractivity contribution in [1.82, 2.24) is 25.2 Å². The first kappa shape index (κ1) is 31.9. The summed E-state index contributed by atoms with van der Waals surface area (Å²) in [6, 6.07) is 8.18. The summed E-state index contributed by atoms with van der Waals surface area (Å²) >= 11 is 0. The Morgan fingerprint density at radius 3 is 2.46 bits per heavy atom. The third kappa shape index (κ3) is 5.72. The molecule has 13 nitrogen and oxygen atoms in total. The van der Waals surface area contributed by atoms with Crippen LogP contribution in [-0.2, 0) is 26.1 Å². The normalized spacial score (nSPS) is 18.0. The van der Waals surface area contributed by atoms with E-state index in [4.69, 9.17) is 5.26 Å². The summed E-state index contributed by atoms with van der Waals surface area (Å²) in [5.41, 5.74) is -1.96. The van der Waals surface area contributed by atoms with Crippen molar-refractivity contribution in [2.75, 3.05) is 23.3 Å². The van der Waals surface area contributed by atoms with E-state index in [0.717, 1.165) is 15.8 Å². The van der Waals surface area contributed by atoms with Crippen molar-refractivity contribution in [3.63, 3.8) is 0 Å². The summed E-state index contributed by atoms with van der Waals surface area (Å²) in [5.74, 6) is 2.93. The Hall–Kier alpha value is -6.03. The molecule has 6 rings (SSSR count). The molecular formula is C32H25F3N8O5. The SMILES string of the molecule is CC(C)(C(=O)Nc1ccc(C#N)c(C(F)(F)F)c1)n1ncc(C#CC2CN(c3ccc4c(c3)C(=O)N(C3CCC(=O)NC3=O)C4=O)C2)n1. The van der Waals surface area contributed by atoms with Gasteiger partial charge in [-0.2, -0.15) is 28.3 Å². The maximum Gasteiger partial charge on any atom is 0.417 e. The third-order valence-corrected chi connectivity index (χ3v) is 8.33. The summed E-state index contributed by atoms with van der Waals surface area (Å²) < 4.78 is 40.0. The van der Waals surface area contributed by atoms with Crippen LogP contribution in [0.5, 0.6) is 0 Å². The zero-order chi connectivity index (χ0) is 34.5. The van der Waals surface area contributed by atoms with Crippen LogP contribution in [0.3, 0.4) is 0 Å². The van der Waals surface area contributed by atoms with Gasteiger partial charge in [-0.25, -0.2) is 0 Å². The fraction of sp³-hybridized carbons (Fsp3) is 0.312. The predicted molar refractivity (Wildman–Crippen MR) is 160 cm³/mol. The fourth-order valence-electron chi connectivity index (χ4n) is 5.53. The van der Waals surface area contributed by atoms with Gasteiger partial charge in [-0.1, -0.05) is 5.92 Å². The van der Waals surface area contributed by atoms with Crippen LogP contribution in [0, 0.1) is 29.1 Å². The lowest BCUT2D eigenvalue weighted by molar-refractivity contribution is -0.138. The van der Waals surface area contributed by atoms with E-state index in [1.54, 1.807) is 18.2 Å². The van der Waals surface area contributed by atoms with Gasteiger partial charge < -0.3 is 10.2 Å². The van der Waals surface area contributed by atoms with Crippen molar-refractivity contribution >= 4 is 40.9 Å². The van der Waals surface area contributed by atoms with Gasteiger partial charge in [0.1, 0.15) is 6.04 Å². The molecule has 2 N–H and O–H groups in total. The van der Waals surface area contributed by atoms with Gasteiger partial charge in [0.05, 0.1) is 40.4 Å². The highest BCUT2D eigenvalue weighted by Gasteiger charge is 2.45. The lowest BCUT2D eigenvalue weighted by Gasteiger charge is -2.38. The lowest BCUT2D eigenvalue weighted by atomic mass is 9.98.